The van der Waals surface area contributed by atoms with Gasteiger partial charge in [0, 0.05) is 10.0 Å². The Morgan fingerprint density at radius 3 is 2.70 bits per heavy atom. The van der Waals surface area contributed by atoms with Crippen LogP contribution in [0.25, 0.3) is 6.08 Å². The fourth-order valence-electron chi connectivity index (χ4n) is 1.83. The zero-order chi connectivity index (χ0) is 17.1. The van der Waals surface area contributed by atoms with Crippen LogP contribution >= 0.6 is 27.7 Å². The molecule has 0 atom stereocenters. The number of benzene rings is 1. The maximum absolute atomic E-state index is 12.2. The number of methoxy groups -OCH3 is 2. The highest BCUT2D eigenvalue weighted by Crippen LogP contribution is 2.38. The lowest BCUT2D eigenvalue weighted by Gasteiger charge is -2.10. The standard InChI is InChI=1S/C14H12BrNO6S/c1-21-9-5-8(15)3-7(12(9)18)4-10-13(19)16(14(20)23-10)6-11(17)22-2/h3-5,18H,6H2,1-2H3/b10-4-. The van der Waals surface area contributed by atoms with Crippen LogP contribution in [-0.4, -0.2) is 47.9 Å². The van der Waals surface area contributed by atoms with E-state index < -0.39 is 23.7 Å². The molecule has 1 aromatic rings. The molecule has 1 fully saturated rings. The Balaban J connectivity index is 2.34. The number of phenols is 1. The van der Waals surface area contributed by atoms with Crippen LogP contribution in [0.3, 0.4) is 0 Å². The summed E-state index contributed by atoms with van der Waals surface area (Å²) in [6.45, 7) is -0.452. The molecule has 1 aliphatic heterocycles. The van der Waals surface area contributed by atoms with Crippen molar-refractivity contribution in [1.82, 2.24) is 4.90 Å². The third kappa shape index (κ3) is 3.67. The summed E-state index contributed by atoms with van der Waals surface area (Å²) >= 11 is 3.95. The number of imide groups is 1. The van der Waals surface area contributed by atoms with E-state index >= 15 is 0 Å². The fourth-order valence-corrected chi connectivity index (χ4v) is 3.11. The van der Waals surface area contributed by atoms with E-state index in [2.05, 4.69) is 20.7 Å². The number of ether oxygens (including phenoxy) is 2. The lowest BCUT2D eigenvalue weighted by atomic mass is 10.1. The largest absolute Gasteiger partial charge is 0.504 e. The number of amides is 2. The average molecular weight is 402 g/mol. The van der Waals surface area contributed by atoms with Crippen molar-refractivity contribution in [2.24, 2.45) is 0 Å². The molecule has 9 heteroatoms. The summed E-state index contributed by atoms with van der Waals surface area (Å²) in [5, 5.41) is 9.52. The van der Waals surface area contributed by atoms with Crippen LogP contribution in [0.2, 0.25) is 0 Å². The molecular weight excluding hydrogens is 390 g/mol. The molecule has 1 N–H and O–H groups in total. The molecule has 1 aromatic carbocycles. The Kier molecular flexibility index (Phi) is 5.32. The number of halogens is 1. The van der Waals surface area contributed by atoms with Crippen molar-refractivity contribution in [3.63, 3.8) is 0 Å². The predicted molar refractivity (Wildman–Crippen MR) is 87.1 cm³/mol. The van der Waals surface area contributed by atoms with Crippen molar-refractivity contribution >= 4 is 50.9 Å². The minimum atomic E-state index is -0.694. The average Bonchev–Trinajstić information content (AvgIpc) is 2.77. The zero-order valence-electron chi connectivity index (χ0n) is 12.2. The molecule has 0 unspecified atom stereocenters. The fraction of sp³-hybridized carbons (Fsp3) is 0.214. The zero-order valence-corrected chi connectivity index (χ0v) is 14.6. The molecule has 0 aromatic heterocycles. The highest BCUT2D eigenvalue weighted by atomic mass is 79.9. The van der Waals surface area contributed by atoms with Gasteiger partial charge >= 0.3 is 5.97 Å². The molecule has 0 radical (unpaired) electrons. The van der Waals surface area contributed by atoms with Crippen molar-refractivity contribution in [3.8, 4) is 11.5 Å². The van der Waals surface area contributed by atoms with E-state index in [4.69, 9.17) is 4.74 Å². The van der Waals surface area contributed by atoms with Crippen molar-refractivity contribution in [2.45, 2.75) is 0 Å². The Morgan fingerprint density at radius 2 is 2.09 bits per heavy atom. The Hall–Kier alpha value is -2.00. The Morgan fingerprint density at radius 1 is 1.39 bits per heavy atom. The first-order valence-electron chi connectivity index (χ1n) is 6.26. The summed E-state index contributed by atoms with van der Waals surface area (Å²) in [5.74, 6) is -1.25. The lowest BCUT2D eigenvalue weighted by Crippen LogP contribution is -2.34. The molecule has 0 aliphatic carbocycles. The van der Waals surface area contributed by atoms with Crippen molar-refractivity contribution in [3.05, 3.63) is 27.1 Å². The monoisotopic (exact) mass is 401 g/mol. The molecule has 23 heavy (non-hydrogen) atoms. The van der Waals surface area contributed by atoms with Gasteiger partial charge in [-0.2, -0.15) is 0 Å². The van der Waals surface area contributed by atoms with Crippen LogP contribution in [0.5, 0.6) is 11.5 Å². The highest BCUT2D eigenvalue weighted by Gasteiger charge is 2.36. The SMILES string of the molecule is COC(=O)CN1C(=O)S/C(=C\c2cc(Br)cc(OC)c2O)C1=O. The minimum Gasteiger partial charge on any atom is -0.504 e. The van der Waals surface area contributed by atoms with Crippen LogP contribution in [0.1, 0.15) is 5.56 Å². The highest BCUT2D eigenvalue weighted by molar-refractivity contribution is 9.10. The van der Waals surface area contributed by atoms with Gasteiger partial charge in [-0.1, -0.05) is 15.9 Å². The number of phenolic OH excluding ortho intramolecular Hbond substituents is 1. The first kappa shape index (κ1) is 17.4. The Labute approximate surface area is 144 Å². The normalized spacial score (nSPS) is 16.1. The van der Waals surface area contributed by atoms with E-state index in [-0.39, 0.29) is 16.4 Å². The van der Waals surface area contributed by atoms with Gasteiger partial charge in [-0.15, -0.1) is 0 Å². The van der Waals surface area contributed by atoms with Gasteiger partial charge < -0.3 is 14.6 Å². The number of hydrogen-bond acceptors (Lipinski definition) is 7. The van der Waals surface area contributed by atoms with Gasteiger partial charge in [-0.05, 0) is 30.0 Å². The van der Waals surface area contributed by atoms with Crippen molar-refractivity contribution in [2.75, 3.05) is 20.8 Å². The van der Waals surface area contributed by atoms with E-state index in [1.807, 2.05) is 0 Å². The summed E-state index contributed by atoms with van der Waals surface area (Å²) in [4.78, 5) is 36.2. The van der Waals surface area contributed by atoms with Crippen LogP contribution in [0.15, 0.2) is 21.5 Å². The number of hydrogen-bond donors (Lipinski definition) is 1. The summed E-state index contributed by atoms with van der Waals surface area (Å²) in [6, 6.07) is 3.14. The molecule has 1 aliphatic rings. The maximum atomic E-state index is 12.2. The lowest BCUT2D eigenvalue weighted by molar-refractivity contribution is -0.143. The van der Waals surface area contributed by atoms with E-state index in [1.54, 1.807) is 12.1 Å². The Bertz CT molecular complexity index is 717. The molecular formula is C14H12BrNO6S. The number of esters is 1. The summed E-state index contributed by atoms with van der Waals surface area (Å²) in [6.07, 6.45) is 1.37. The third-order valence-corrected chi connectivity index (χ3v) is 4.33. The smallest absolute Gasteiger partial charge is 0.325 e. The van der Waals surface area contributed by atoms with E-state index in [0.29, 0.717) is 21.8 Å². The van der Waals surface area contributed by atoms with Crippen LogP contribution in [0.4, 0.5) is 4.79 Å². The summed E-state index contributed by atoms with van der Waals surface area (Å²) < 4.78 is 10.1. The topological polar surface area (TPSA) is 93.1 Å². The van der Waals surface area contributed by atoms with E-state index in [0.717, 1.165) is 4.90 Å². The van der Waals surface area contributed by atoms with Crippen molar-refractivity contribution in [1.29, 1.82) is 0 Å². The second kappa shape index (κ2) is 7.05. The summed E-state index contributed by atoms with van der Waals surface area (Å²) in [5.41, 5.74) is 0.305. The molecule has 2 amide bonds. The molecule has 0 saturated carbocycles. The first-order chi connectivity index (χ1) is 10.9. The number of rotatable bonds is 4. The number of carbonyl (C=O) groups excluding carboxylic acids is 3. The quantitative estimate of drug-likeness (QED) is 0.611. The van der Waals surface area contributed by atoms with Gasteiger partial charge in [-0.3, -0.25) is 19.3 Å². The minimum absolute atomic E-state index is 0.0920. The number of thioether (sulfide) groups is 1. The number of nitrogens with zero attached hydrogens (tertiary/aromatic N) is 1. The third-order valence-electron chi connectivity index (χ3n) is 2.96. The summed E-state index contributed by atoms with van der Waals surface area (Å²) in [7, 11) is 2.57. The van der Waals surface area contributed by atoms with Crippen molar-refractivity contribution < 1.29 is 29.0 Å². The molecule has 0 bridgehead atoms. The van der Waals surface area contributed by atoms with Gasteiger partial charge in [0.2, 0.25) is 0 Å². The van der Waals surface area contributed by atoms with Gasteiger partial charge in [0.25, 0.3) is 11.1 Å². The van der Waals surface area contributed by atoms with E-state index in [9.17, 15) is 19.5 Å². The molecule has 0 spiro atoms. The number of aromatic hydroxyl groups is 1. The molecule has 1 heterocycles. The van der Waals surface area contributed by atoms with Gasteiger partial charge in [0.05, 0.1) is 19.1 Å². The van der Waals surface area contributed by atoms with Crippen LogP contribution in [0, 0.1) is 0 Å². The molecule has 2 rings (SSSR count). The number of carbonyl (C=O) groups is 3. The van der Waals surface area contributed by atoms with Crippen LogP contribution in [-0.2, 0) is 14.3 Å². The van der Waals surface area contributed by atoms with Gasteiger partial charge in [0.1, 0.15) is 6.54 Å². The van der Waals surface area contributed by atoms with Crippen LogP contribution < -0.4 is 4.74 Å². The van der Waals surface area contributed by atoms with Gasteiger partial charge in [0.15, 0.2) is 11.5 Å². The molecule has 1 saturated heterocycles. The second-order valence-corrected chi connectivity index (χ2v) is 6.30. The van der Waals surface area contributed by atoms with E-state index in [1.165, 1.54) is 20.3 Å². The maximum Gasteiger partial charge on any atom is 0.325 e. The molecule has 122 valence electrons. The molecule has 7 nitrogen and oxygen atoms in total. The second-order valence-electron chi connectivity index (χ2n) is 4.39. The predicted octanol–water partition coefficient (Wildman–Crippen LogP) is 2.37. The van der Waals surface area contributed by atoms with Gasteiger partial charge in [-0.25, -0.2) is 0 Å². The first-order valence-corrected chi connectivity index (χ1v) is 7.87.